The molecule has 0 aliphatic heterocycles. The van der Waals surface area contributed by atoms with E-state index in [1.165, 1.54) is 5.56 Å². The number of hydrogen-bond donors (Lipinski definition) is 2. The molecule has 7 nitrogen and oxygen atoms in total. The van der Waals surface area contributed by atoms with Crippen molar-refractivity contribution in [2.45, 2.75) is 26.2 Å². The molecule has 3 aromatic rings. The van der Waals surface area contributed by atoms with Crippen LogP contribution in [0.4, 0.5) is 11.6 Å². The summed E-state index contributed by atoms with van der Waals surface area (Å²) in [5, 5.41) is 11.2. The molecule has 1 aromatic heterocycles. The Morgan fingerprint density at radius 2 is 1.71 bits per heavy atom. The Morgan fingerprint density at radius 3 is 2.32 bits per heavy atom. The minimum Gasteiger partial charge on any atom is -0.493 e. The maximum atomic E-state index is 12.4. The number of H-pyrrole nitrogens is 1. The number of nitrogens with one attached hydrogen (secondary N) is 2. The fourth-order valence-corrected chi connectivity index (χ4v) is 2.80. The van der Waals surface area contributed by atoms with Gasteiger partial charge >= 0.3 is 0 Å². The van der Waals surface area contributed by atoms with Gasteiger partial charge in [-0.1, -0.05) is 38.1 Å². The first kappa shape index (κ1) is 19.4. The SMILES string of the molecule is COc1ccc(Nc2nnc(Cc3ccc(C(C)C)cc3)c(=O)[nH]2)cc1OC. The van der Waals surface area contributed by atoms with Gasteiger partial charge in [-0.15, -0.1) is 10.2 Å². The highest BCUT2D eigenvalue weighted by atomic mass is 16.5. The summed E-state index contributed by atoms with van der Waals surface area (Å²) in [5.41, 5.74) is 3.07. The van der Waals surface area contributed by atoms with E-state index in [-0.39, 0.29) is 11.5 Å². The third-order valence-electron chi connectivity index (χ3n) is 4.43. The number of nitrogens with zero attached hydrogens (tertiary/aromatic N) is 2. The Labute approximate surface area is 163 Å². The summed E-state index contributed by atoms with van der Waals surface area (Å²) in [6.07, 6.45) is 0.428. The van der Waals surface area contributed by atoms with Crippen LogP contribution in [0.25, 0.3) is 0 Å². The van der Waals surface area contributed by atoms with Crippen LogP contribution < -0.4 is 20.3 Å². The maximum Gasteiger partial charge on any atom is 0.274 e. The zero-order chi connectivity index (χ0) is 20.1. The Balaban J connectivity index is 1.74. The zero-order valence-corrected chi connectivity index (χ0v) is 16.4. The second kappa shape index (κ2) is 8.56. The van der Waals surface area contributed by atoms with Gasteiger partial charge in [0.25, 0.3) is 5.56 Å². The molecule has 0 atom stereocenters. The molecule has 0 aliphatic carbocycles. The topological polar surface area (TPSA) is 89.1 Å². The van der Waals surface area contributed by atoms with Crippen LogP contribution in [0.2, 0.25) is 0 Å². The summed E-state index contributed by atoms with van der Waals surface area (Å²) in [4.78, 5) is 15.1. The molecule has 0 radical (unpaired) electrons. The largest absolute Gasteiger partial charge is 0.493 e. The fourth-order valence-electron chi connectivity index (χ4n) is 2.80. The number of aromatic nitrogens is 3. The summed E-state index contributed by atoms with van der Waals surface area (Å²) >= 11 is 0. The van der Waals surface area contributed by atoms with E-state index < -0.39 is 0 Å². The van der Waals surface area contributed by atoms with Crippen molar-refractivity contribution < 1.29 is 9.47 Å². The highest BCUT2D eigenvalue weighted by Gasteiger charge is 2.09. The normalized spacial score (nSPS) is 10.8. The molecule has 0 unspecified atom stereocenters. The number of aromatic amines is 1. The quantitative estimate of drug-likeness (QED) is 0.650. The average Bonchev–Trinajstić information content (AvgIpc) is 2.70. The molecule has 146 valence electrons. The van der Waals surface area contributed by atoms with Crippen molar-refractivity contribution in [1.82, 2.24) is 15.2 Å². The molecule has 0 aliphatic rings. The molecule has 0 spiro atoms. The summed E-state index contributed by atoms with van der Waals surface area (Å²) in [6.45, 7) is 4.30. The molecular formula is C21H24N4O3. The number of anilines is 2. The Kier molecular flexibility index (Phi) is 5.93. The van der Waals surface area contributed by atoms with Crippen molar-refractivity contribution >= 4 is 11.6 Å². The summed E-state index contributed by atoms with van der Waals surface area (Å²) < 4.78 is 10.5. The second-order valence-electron chi connectivity index (χ2n) is 6.72. The second-order valence-corrected chi connectivity index (χ2v) is 6.72. The van der Waals surface area contributed by atoms with E-state index in [9.17, 15) is 4.79 Å². The van der Waals surface area contributed by atoms with E-state index in [1.54, 1.807) is 32.4 Å². The van der Waals surface area contributed by atoms with Crippen molar-refractivity contribution in [2.75, 3.05) is 19.5 Å². The number of hydrogen-bond acceptors (Lipinski definition) is 6. The zero-order valence-electron chi connectivity index (χ0n) is 16.4. The van der Waals surface area contributed by atoms with Crippen molar-refractivity contribution in [3.8, 4) is 11.5 Å². The van der Waals surface area contributed by atoms with Crippen LogP contribution in [0.1, 0.15) is 36.6 Å². The standard InChI is InChI=1S/C21H24N4O3/c1-13(2)15-7-5-14(6-8-15)11-17-20(26)23-21(25-24-17)22-16-9-10-18(27-3)19(12-16)28-4/h5-10,12-13H,11H2,1-4H3,(H2,22,23,25,26). The van der Waals surface area contributed by atoms with Crippen LogP contribution >= 0.6 is 0 Å². The summed E-state index contributed by atoms with van der Waals surface area (Å²) in [7, 11) is 3.13. The first-order chi connectivity index (χ1) is 13.5. The molecule has 0 amide bonds. The number of rotatable bonds is 7. The molecule has 0 saturated carbocycles. The Morgan fingerprint density at radius 1 is 1.00 bits per heavy atom. The van der Waals surface area contributed by atoms with Crippen LogP contribution in [0, 0.1) is 0 Å². The highest BCUT2D eigenvalue weighted by Crippen LogP contribution is 2.30. The summed E-state index contributed by atoms with van der Waals surface area (Å²) in [5.74, 6) is 1.92. The van der Waals surface area contributed by atoms with Gasteiger partial charge in [-0.05, 0) is 29.2 Å². The summed E-state index contributed by atoms with van der Waals surface area (Å²) in [6, 6.07) is 13.5. The van der Waals surface area contributed by atoms with E-state index in [0.717, 1.165) is 5.56 Å². The van der Waals surface area contributed by atoms with Gasteiger partial charge in [0.15, 0.2) is 11.5 Å². The van der Waals surface area contributed by atoms with Crippen molar-refractivity contribution in [2.24, 2.45) is 0 Å². The van der Waals surface area contributed by atoms with Gasteiger partial charge < -0.3 is 14.8 Å². The van der Waals surface area contributed by atoms with E-state index in [1.807, 2.05) is 12.1 Å². The molecule has 2 aromatic carbocycles. The third kappa shape index (κ3) is 4.49. The van der Waals surface area contributed by atoms with Gasteiger partial charge in [0.1, 0.15) is 5.69 Å². The molecule has 0 fully saturated rings. The van der Waals surface area contributed by atoms with Crippen LogP contribution in [0.5, 0.6) is 11.5 Å². The van der Waals surface area contributed by atoms with E-state index in [0.29, 0.717) is 35.2 Å². The predicted octanol–water partition coefficient (Wildman–Crippen LogP) is 3.64. The van der Waals surface area contributed by atoms with Crippen LogP contribution in [0.15, 0.2) is 47.3 Å². The van der Waals surface area contributed by atoms with Crippen LogP contribution in [-0.4, -0.2) is 29.4 Å². The lowest BCUT2D eigenvalue weighted by atomic mass is 10.0. The van der Waals surface area contributed by atoms with Gasteiger partial charge in [-0.2, -0.15) is 0 Å². The molecule has 3 rings (SSSR count). The molecule has 7 heteroatoms. The lowest BCUT2D eigenvalue weighted by molar-refractivity contribution is 0.355. The highest BCUT2D eigenvalue weighted by molar-refractivity contribution is 5.59. The Bertz CT molecular complexity index is 997. The molecular weight excluding hydrogens is 356 g/mol. The van der Waals surface area contributed by atoms with Gasteiger partial charge in [-0.25, -0.2) is 0 Å². The van der Waals surface area contributed by atoms with Gasteiger partial charge in [-0.3, -0.25) is 9.78 Å². The molecule has 28 heavy (non-hydrogen) atoms. The minimum absolute atomic E-state index is 0.260. The van der Waals surface area contributed by atoms with Gasteiger partial charge in [0.2, 0.25) is 5.95 Å². The smallest absolute Gasteiger partial charge is 0.274 e. The van der Waals surface area contributed by atoms with Crippen LogP contribution in [0.3, 0.4) is 0 Å². The number of ether oxygens (including phenoxy) is 2. The maximum absolute atomic E-state index is 12.4. The first-order valence-electron chi connectivity index (χ1n) is 9.04. The van der Waals surface area contributed by atoms with E-state index >= 15 is 0 Å². The third-order valence-corrected chi connectivity index (χ3v) is 4.43. The molecule has 0 bridgehead atoms. The monoisotopic (exact) mass is 380 g/mol. The lowest BCUT2D eigenvalue weighted by Crippen LogP contribution is -2.18. The lowest BCUT2D eigenvalue weighted by Gasteiger charge is -2.10. The van der Waals surface area contributed by atoms with Crippen molar-refractivity contribution in [3.63, 3.8) is 0 Å². The van der Waals surface area contributed by atoms with Crippen molar-refractivity contribution in [1.29, 1.82) is 0 Å². The number of methoxy groups -OCH3 is 2. The number of benzene rings is 2. The first-order valence-corrected chi connectivity index (χ1v) is 9.04. The average molecular weight is 380 g/mol. The Hall–Kier alpha value is -3.35. The van der Waals surface area contributed by atoms with Crippen molar-refractivity contribution in [3.05, 3.63) is 69.6 Å². The molecule has 0 saturated heterocycles. The predicted molar refractivity (Wildman–Crippen MR) is 109 cm³/mol. The molecule has 1 heterocycles. The fraction of sp³-hybridized carbons (Fsp3) is 0.286. The van der Waals surface area contributed by atoms with Gasteiger partial charge in [0.05, 0.1) is 14.2 Å². The molecule has 2 N–H and O–H groups in total. The van der Waals surface area contributed by atoms with E-state index in [2.05, 4.69) is 46.5 Å². The van der Waals surface area contributed by atoms with Gasteiger partial charge in [0, 0.05) is 18.2 Å². The minimum atomic E-state index is -0.272. The van der Waals surface area contributed by atoms with Crippen LogP contribution in [-0.2, 0) is 6.42 Å². The van der Waals surface area contributed by atoms with E-state index in [4.69, 9.17) is 9.47 Å².